The Morgan fingerprint density at radius 1 is 1.43 bits per heavy atom. The van der Waals surface area contributed by atoms with Crippen molar-refractivity contribution < 1.29 is 0 Å². The molecule has 2 heteroatoms. The molecule has 0 aliphatic carbocycles. The van der Waals surface area contributed by atoms with E-state index in [2.05, 4.69) is 31.0 Å². The van der Waals surface area contributed by atoms with Crippen LogP contribution in [0.3, 0.4) is 0 Å². The van der Waals surface area contributed by atoms with E-state index in [1.165, 1.54) is 45.6 Å². The largest absolute Gasteiger partial charge is 0.316 e. The normalized spacial score (nSPS) is 22.5. The molecule has 2 nitrogen and oxygen atoms in total. The molecule has 1 aliphatic heterocycles. The van der Waals surface area contributed by atoms with Gasteiger partial charge in [-0.05, 0) is 50.9 Å². The quantitative estimate of drug-likeness (QED) is 0.702. The maximum absolute atomic E-state index is 3.44. The van der Waals surface area contributed by atoms with Crippen LogP contribution in [0.25, 0.3) is 0 Å². The summed E-state index contributed by atoms with van der Waals surface area (Å²) >= 11 is 0. The zero-order chi connectivity index (χ0) is 10.4. The van der Waals surface area contributed by atoms with Crippen molar-refractivity contribution in [3.05, 3.63) is 0 Å². The van der Waals surface area contributed by atoms with Crippen molar-refractivity contribution in [2.45, 2.75) is 33.6 Å². The van der Waals surface area contributed by atoms with Gasteiger partial charge in [-0.3, -0.25) is 0 Å². The van der Waals surface area contributed by atoms with Gasteiger partial charge in [0, 0.05) is 6.54 Å². The van der Waals surface area contributed by atoms with E-state index in [0.717, 1.165) is 11.8 Å². The molecule has 14 heavy (non-hydrogen) atoms. The number of rotatable bonds is 6. The predicted molar refractivity (Wildman–Crippen MR) is 62.5 cm³/mol. The first kappa shape index (κ1) is 12.0. The lowest BCUT2D eigenvalue weighted by Crippen LogP contribution is -2.30. The Bertz CT molecular complexity index is 139. The highest BCUT2D eigenvalue weighted by Gasteiger charge is 2.15. The third kappa shape index (κ3) is 4.43. The first-order valence-electron chi connectivity index (χ1n) is 6.15. The van der Waals surface area contributed by atoms with Gasteiger partial charge < -0.3 is 10.2 Å². The highest BCUT2D eigenvalue weighted by atomic mass is 15.1. The summed E-state index contributed by atoms with van der Waals surface area (Å²) in [6, 6.07) is 0. The van der Waals surface area contributed by atoms with Crippen LogP contribution in [-0.4, -0.2) is 37.6 Å². The minimum Gasteiger partial charge on any atom is -0.316 e. The molecule has 0 aromatic heterocycles. The van der Waals surface area contributed by atoms with Gasteiger partial charge in [-0.25, -0.2) is 0 Å². The van der Waals surface area contributed by atoms with Gasteiger partial charge in [0.2, 0.25) is 0 Å². The van der Waals surface area contributed by atoms with Gasteiger partial charge in [0.05, 0.1) is 0 Å². The average molecular weight is 198 g/mol. The van der Waals surface area contributed by atoms with E-state index in [1.54, 1.807) is 0 Å². The van der Waals surface area contributed by atoms with Crippen LogP contribution in [0.1, 0.15) is 33.6 Å². The molecule has 1 N–H and O–H groups in total. The molecule has 1 aliphatic rings. The average Bonchev–Trinajstić information content (AvgIpc) is 2.64. The van der Waals surface area contributed by atoms with Crippen molar-refractivity contribution in [1.82, 2.24) is 10.2 Å². The number of hydrogen-bond donors (Lipinski definition) is 1. The maximum Gasteiger partial charge on any atom is 0.000427 e. The first-order chi connectivity index (χ1) is 6.72. The van der Waals surface area contributed by atoms with Gasteiger partial charge >= 0.3 is 0 Å². The van der Waals surface area contributed by atoms with E-state index in [9.17, 15) is 0 Å². The fourth-order valence-electron chi connectivity index (χ4n) is 2.22. The summed E-state index contributed by atoms with van der Waals surface area (Å²) in [6.07, 6.45) is 2.77. The van der Waals surface area contributed by atoms with E-state index < -0.39 is 0 Å². The minimum atomic E-state index is 0.802. The zero-order valence-corrected chi connectivity index (χ0v) is 10.1. The van der Waals surface area contributed by atoms with Gasteiger partial charge in [-0.2, -0.15) is 0 Å². The molecule has 84 valence electrons. The molecule has 0 saturated carbocycles. The van der Waals surface area contributed by atoms with Crippen LogP contribution < -0.4 is 5.32 Å². The minimum absolute atomic E-state index is 0.802. The first-order valence-corrected chi connectivity index (χ1v) is 6.15. The molecule has 1 fully saturated rings. The Hall–Kier alpha value is -0.0800. The molecule has 1 saturated heterocycles. The molecule has 1 rings (SSSR count). The standard InChI is InChI=1S/C12H26N2/c1-4-14(10-11(2)3)8-6-12-5-7-13-9-12/h11-13H,4-10H2,1-3H3. The number of nitrogens with zero attached hydrogens (tertiary/aromatic N) is 1. The van der Waals surface area contributed by atoms with Crippen LogP contribution in [-0.2, 0) is 0 Å². The Kier molecular flexibility index (Phi) is 5.49. The van der Waals surface area contributed by atoms with E-state index >= 15 is 0 Å². The molecule has 0 bridgehead atoms. The van der Waals surface area contributed by atoms with Gasteiger partial charge in [0.1, 0.15) is 0 Å². The third-order valence-electron chi connectivity index (χ3n) is 3.09. The third-order valence-corrected chi connectivity index (χ3v) is 3.09. The van der Waals surface area contributed by atoms with E-state index in [4.69, 9.17) is 0 Å². The van der Waals surface area contributed by atoms with Gasteiger partial charge in [-0.15, -0.1) is 0 Å². The number of nitrogens with one attached hydrogen (secondary N) is 1. The summed E-state index contributed by atoms with van der Waals surface area (Å²) in [6.45, 7) is 13.1. The molecule has 1 unspecified atom stereocenters. The fourth-order valence-corrected chi connectivity index (χ4v) is 2.22. The van der Waals surface area contributed by atoms with Crippen LogP contribution in [0, 0.1) is 11.8 Å². The van der Waals surface area contributed by atoms with Gasteiger partial charge in [0.15, 0.2) is 0 Å². The molecule has 0 aromatic rings. The molecule has 1 heterocycles. The summed E-state index contributed by atoms with van der Waals surface area (Å²) in [4.78, 5) is 2.59. The topological polar surface area (TPSA) is 15.3 Å². The zero-order valence-electron chi connectivity index (χ0n) is 10.1. The summed E-state index contributed by atoms with van der Waals surface area (Å²) in [5.74, 6) is 1.74. The van der Waals surface area contributed by atoms with Crippen LogP contribution in [0.2, 0.25) is 0 Å². The van der Waals surface area contributed by atoms with Crippen molar-refractivity contribution in [2.75, 3.05) is 32.7 Å². The predicted octanol–water partition coefficient (Wildman–Crippen LogP) is 1.96. The van der Waals surface area contributed by atoms with Crippen molar-refractivity contribution >= 4 is 0 Å². The Morgan fingerprint density at radius 3 is 2.71 bits per heavy atom. The van der Waals surface area contributed by atoms with Crippen LogP contribution >= 0.6 is 0 Å². The highest BCUT2D eigenvalue weighted by Crippen LogP contribution is 2.13. The molecule has 0 aromatic carbocycles. The van der Waals surface area contributed by atoms with E-state index in [1.807, 2.05) is 0 Å². The SMILES string of the molecule is CCN(CCC1CCNC1)CC(C)C. The molecule has 0 amide bonds. The molecular formula is C12H26N2. The van der Waals surface area contributed by atoms with Crippen molar-refractivity contribution in [2.24, 2.45) is 11.8 Å². The Morgan fingerprint density at radius 2 is 2.21 bits per heavy atom. The van der Waals surface area contributed by atoms with Gasteiger partial charge in [0.25, 0.3) is 0 Å². The fraction of sp³-hybridized carbons (Fsp3) is 1.00. The van der Waals surface area contributed by atoms with E-state index in [-0.39, 0.29) is 0 Å². The molecule has 0 radical (unpaired) electrons. The highest BCUT2D eigenvalue weighted by molar-refractivity contribution is 4.72. The lowest BCUT2D eigenvalue weighted by atomic mass is 10.0. The second-order valence-corrected chi connectivity index (χ2v) is 4.93. The van der Waals surface area contributed by atoms with Crippen LogP contribution in [0.5, 0.6) is 0 Å². The smallest absolute Gasteiger partial charge is 0.000427 e. The van der Waals surface area contributed by atoms with Crippen molar-refractivity contribution in [1.29, 1.82) is 0 Å². The lowest BCUT2D eigenvalue weighted by Gasteiger charge is -2.23. The maximum atomic E-state index is 3.44. The molecular weight excluding hydrogens is 172 g/mol. The summed E-state index contributed by atoms with van der Waals surface area (Å²) in [7, 11) is 0. The second kappa shape index (κ2) is 6.41. The van der Waals surface area contributed by atoms with Crippen molar-refractivity contribution in [3.63, 3.8) is 0 Å². The number of hydrogen-bond acceptors (Lipinski definition) is 2. The van der Waals surface area contributed by atoms with Crippen molar-refractivity contribution in [3.8, 4) is 0 Å². The van der Waals surface area contributed by atoms with Crippen LogP contribution in [0.15, 0.2) is 0 Å². The summed E-state index contributed by atoms with van der Waals surface area (Å²) < 4.78 is 0. The van der Waals surface area contributed by atoms with Gasteiger partial charge in [-0.1, -0.05) is 20.8 Å². The van der Waals surface area contributed by atoms with Crippen LogP contribution in [0.4, 0.5) is 0 Å². The Labute approximate surface area is 89.1 Å². The lowest BCUT2D eigenvalue weighted by molar-refractivity contribution is 0.239. The Balaban J connectivity index is 2.12. The molecule has 1 atom stereocenters. The van der Waals surface area contributed by atoms with E-state index in [0.29, 0.717) is 0 Å². The molecule has 0 spiro atoms. The monoisotopic (exact) mass is 198 g/mol. The summed E-state index contributed by atoms with van der Waals surface area (Å²) in [5.41, 5.74) is 0. The summed E-state index contributed by atoms with van der Waals surface area (Å²) in [5, 5.41) is 3.44. The second-order valence-electron chi connectivity index (χ2n) is 4.93.